The number of fused-ring (bicyclic) bond motifs is 1. The maximum absolute atomic E-state index is 12.1. The molecular formula is C15H11N3O4. The first-order chi connectivity index (χ1) is 10.5. The van der Waals surface area contributed by atoms with Gasteiger partial charge in [-0.3, -0.25) is 9.78 Å². The van der Waals surface area contributed by atoms with Gasteiger partial charge in [0, 0.05) is 0 Å². The van der Waals surface area contributed by atoms with Crippen molar-refractivity contribution in [2.45, 2.75) is 6.92 Å². The number of aromatic amines is 1. The van der Waals surface area contributed by atoms with E-state index in [2.05, 4.69) is 9.97 Å². The molecule has 0 aliphatic heterocycles. The lowest BCUT2D eigenvalue weighted by molar-refractivity contribution is 0.0696. The Morgan fingerprint density at radius 3 is 2.55 bits per heavy atom. The Labute approximate surface area is 123 Å². The van der Waals surface area contributed by atoms with Crippen LogP contribution in [-0.4, -0.2) is 25.6 Å². The monoisotopic (exact) mass is 297 g/mol. The lowest BCUT2D eigenvalue weighted by Crippen LogP contribution is -2.30. The van der Waals surface area contributed by atoms with E-state index in [-0.39, 0.29) is 22.3 Å². The molecule has 110 valence electrons. The summed E-state index contributed by atoms with van der Waals surface area (Å²) in [4.78, 5) is 41.6. The maximum Gasteiger partial charge on any atom is 0.337 e. The minimum atomic E-state index is -1.18. The number of carboxylic acids is 1. The summed E-state index contributed by atoms with van der Waals surface area (Å²) in [5.74, 6) is -1.18. The van der Waals surface area contributed by atoms with Crippen LogP contribution < -0.4 is 11.2 Å². The van der Waals surface area contributed by atoms with Crippen LogP contribution in [0.15, 0.2) is 46.0 Å². The second kappa shape index (κ2) is 4.96. The normalized spacial score (nSPS) is 10.8. The minimum Gasteiger partial charge on any atom is -0.478 e. The number of rotatable bonds is 2. The molecule has 0 atom stereocenters. The van der Waals surface area contributed by atoms with Gasteiger partial charge in [0.1, 0.15) is 0 Å². The number of hydrogen-bond donors (Lipinski definition) is 2. The van der Waals surface area contributed by atoms with E-state index < -0.39 is 17.2 Å². The van der Waals surface area contributed by atoms with Crippen molar-refractivity contribution in [2.75, 3.05) is 0 Å². The van der Waals surface area contributed by atoms with Crippen LogP contribution in [0.5, 0.6) is 0 Å². The highest BCUT2D eigenvalue weighted by molar-refractivity contribution is 5.93. The smallest absolute Gasteiger partial charge is 0.337 e. The van der Waals surface area contributed by atoms with E-state index >= 15 is 0 Å². The van der Waals surface area contributed by atoms with Crippen molar-refractivity contribution in [3.63, 3.8) is 0 Å². The Kier molecular flexibility index (Phi) is 3.10. The van der Waals surface area contributed by atoms with E-state index in [0.717, 1.165) is 0 Å². The standard InChI is InChI=1S/C15H11N3O4/c1-8-10(14(20)21)7-11-12(16-8)18(15(22)17-13(11)19)9-5-3-2-4-6-9/h2-7H,1H3,(H,20,21)(H,17,19,22). The summed E-state index contributed by atoms with van der Waals surface area (Å²) in [5.41, 5.74) is -0.474. The van der Waals surface area contributed by atoms with Crippen molar-refractivity contribution in [3.05, 3.63) is 68.5 Å². The van der Waals surface area contributed by atoms with Gasteiger partial charge in [-0.15, -0.1) is 0 Å². The van der Waals surface area contributed by atoms with Crippen molar-refractivity contribution < 1.29 is 9.90 Å². The summed E-state index contributed by atoms with van der Waals surface area (Å²) in [5, 5.41) is 9.18. The van der Waals surface area contributed by atoms with Crippen LogP contribution in [0.25, 0.3) is 16.7 Å². The highest BCUT2D eigenvalue weighted by Gasteiger charge is 2.16. The van der Waals surface area contributed by atoms with Gasteiger partial charge in [-0.05, 0) is 25.1 Å². The average Bonchev–Trinajstić information content (AvgIpc) is 2.47. The fourth-order valence-corrected chi connectivity index (χ4v) is 2.28. The van der Waals surface area contributed by atoms with Gasteiger partial charge in [-0.1, -0.05) is 18.2 Å². The summed E-state index contributed by atoms with van der Waals surface area (Å²) in [6, 6.07) is 9.91. The third-order valence-electron chi connectivity index (χ3n) is 3.32. The van der Waals surface area contributed by atoms with Crippen LogP contribution in [0.2, 0.25) is 0 Å². The zero-order valence-electron chi connectivity index (χ0n) is 11.5. The number of aryl methyl sites for hydroxylation is 1. The number of aromatic carboxylic acids is 1. The molecule has 0 aliphatic carbocycles. The third-order valence-corrected chi connectivity index (χ3v) is 3.32. The summed E-state index contributed by atoms with van der Waals surface area (Å²) >= 11 is 0. The summed E-state index contributed by atoms with van der Waals surface area (Å²) in [7, 11) is 0. The van der Waals surface area contributed by atoms with Gasteiger partial charge in [-0.25, -0.2) is 19.1 Å². The summed E-state index contributed by atoms with van der Waals surface area (Å²) in [6.07, 6.45) is 0. The molecule has 0 amide bonds. The van der Waals surface area contributed by atoms with Crippen LogP contribution >= 0.6 is 0 Å². The SMILES string of the molecule is Cc1nc2c(cc1C(=O)O)c(=O)[nH]c(=O)n2-c1ccccc1. The molecule has 0 spiro atoms. The van der Waals surface area contributed by atoms with Crippen molar-refractivity contribution in [3.8, 4) is 5.69 Å². The van der Waals surface area contributed by atoms with Gasteiger partial charge < -0.3 is 5.11 Å². The van der Waals surface area contributed by atoms with Gasteiger partial charge >= 0.3 is 11.7 Å². The molecule has 0 unspecified atom stereocenters. The first kappa shape index (κ1) is 13.7. The Balaban J connectivity index is 2.49. The molecule has 3 aromatic rings. The number of nitrogens with one attached hydrogen (secondary N) is 1. The molecule has 2 heterocycles. The second-order valence-electron chi connectivity index (χ2n) is 4.73. The van der Waals surface area contributed by atoms with E-state index in [1.165, 1.54) is 17.6 Å². The molecule has 0 saturated carbocycles. The fourth-order valence-electron chi connectivity index (χ4n) is 2.28. The molecule has 7 nitrogen and oxygen atoms in total. The fraction of sp³-hybridized carbons (Fsp3) is 0.0667. The highest BCUT2D eigenvalue weighted by atomic mass is 16.4. The average molecular weight is 297 g/mol. The zero-order valence-corrected chi connectivity index (χ0v) is 11.5. The second-order valence-corrected chi connectivity index (χ2v) is 4.73. The molecule has 22 heavy (non-hydrogen) atoms. The number of H-pyrrole nitrogens is 1. The minimum absolute atomic E-state index is 0.0476. The van der Waals surface area contributed by atoms with Crippen LogP contribution in [0.4, 0.5) is 0 Å². The molecule has 7 heteroatoms. The largest absolute Gasteiger partial charge is 0.478 e. The molecule has 0 saturated heterocycles. The topological polar surface area (TPSA) is 105 Å². The Morgan fingerprint density at radius 1 is 1.23 bits per heavy atom. The van der Waals surface area contributed by atoms with Crippen molar-refractivity contribution in [1.82, 2.24) is 14.5 Å². The third kappa shape index (κ3) is 2.08. The van der Waals surface area contributed by atoms with Gasteiger partial charge in [0.25, 0.3) is 5.56 Å². The lowest BCUT2D eigenvalue weighted by Gasteiger charge is -2.10. The van der Waals surface area contributed by atoms with Gasteiger partial charge in [0.05, 0.1) is 22.3 Å². The van der Waals surface area contributed by atoms with Gasteiger partial charge in [-0.2, -0.15) is 0 Å². The molecule has 2 N–H and O–H groups in total. The molecule has 0 aliphatic rings. The predicted octanol–water partition coefficient (Wildman–Crippen LogP) is 1.08. The van der Waals surface area contributed by atoms with E-state index in [4.69, 9.17) is 5.11 Å². The van der Waals surface area contributed by atoms with E-state index in [0.29, 0.717) is 5.69 Å². The van der Waals surface area contributed by atoms with Crippen LogP contribution in [0.3, 0.4) is 0 Å². The Bertz CT molecular complexity index is 1000. The first-order valence-corrected chi connectivity index (χ1v) is 6.44. The number of para-hydroxylation sites is 1. The van der Waals surface area contributed by atoms with E-state index in [1.54, 1.807) is 30.3 Å². The molecule has 0 bridgehead atoms. The first-order valence-electron chi connectivity index (χ1n) is 6.44. The molecule has 3 rings (SSSR count). The number of pyridine rings is 1. The highest BCUT2D eigenvalue weighted by Crippen LogP contribution is 2.15. The number of carboxylic acid groups (broad SMARTS) is 1. The lowest BCUT2D eigenvalue weighted by atomic mass is 10.1. The molecular weight excluding hydrogens is 286 g/mol. The van der Waals surface area contributed by atoms with E-state index in [9.17, 15) is 14.4 Å². The quantitative estimate of drug-likeness (QED) is 0.736. The molecule has 2 aromatic heterocycles. The van der Waals surface area contributed by atoms with Gasteiger partial charge in [0.2, 0.25) is 0 Å². The van der Waals surface area contributed by atoms with Crippen LogP contribution in [0.1, 0.15) is 16.1 Å². The van der Waals surface area contributed by atoms with Crippen molar-refractivity contribution in [2.24, 2.45) is 0 Å². The molecule has 1 aromatic carbocycles. The summed E-state index contributed by atoms with van der Waals surface area (Å²) < 4.78 is 1.25. The molecule has 0 radical (unpaired) electrons. The summed E-state index contributed by atoms with van der Waals surface area (Å²) in [6.45, 7) is 1.52. The van der Waals surface area contributed by atoms with Gasteiger partial charge in [0.15, 0.2) is 5.65 Å². The van der Waals surface area contributed by atoms with Crippen LogP contribution in [-0.2, 0) is 0 Å². The maximum atomic E-state index is 12.1. The van der Waals surface area contributed by atoms with Crippen molar-refractivity contribution >= 4 is 17.0 Å². The predicted molar refractivity (Wildman–Crippen MR) is 79.7 cm³/mol. The number of benzene rings is 1. The zero-order chi connectivity index (χ0) is 15.9. The number of carbonyl (C=O) groups is 1. The van der Waals surface area contributed by atoms with Crippen molar-refractivity contribution in [1.29, 1.82) is 0 Å². The Morgan fingerprint density at radius 2 is 1.91 bits per heavy atom. The number of nitrogens with zero attached hydrogens (tertiary/aromatic N) is 2. The Hall–Kier alpha value is -3.22. The van der Waals surface area contributed by atoms with E-state index in [1.807, 2.05) is 0 Å². The van der Waals surface area contributed by atoms with Crippen LogP contribution in [0, 0.1) is 6.92 Å². The number of aromatic nitrogens is 3. The molecule has 0 fully saturated rings. The number of hydrogen-bond acceptors (Lipinski definition) is 4.